The Balaban J connectivity index is 0.000000604. The third kappa shape index (κ3) is 10.4. The minimum atomic E-state index is -0.553. The molecule has 2 unspecified atom stereocenters. The number of nitrogens with one attached hydrogen (secondary N) is 2. The predicted molar refractivity (Wildman–Crippen MR) is 135 cm³/mol. The molecule has 2 atom stereocenters. The van der Waals surface area contributed by atoms with Crippen molar-refractivity contribution in [2.24, 2.45) is 0 Å². The molecule has 0 saturated heterocycles. The van der Waals surface area contributed by atoms with Crippen molar-refractivity contribution >= 4 is 18.2 Å². The molecular formula is C26H44N4O4. The number of amides is 1. The smallest absolute Gasteiger partial charge is 0.328 e. The minimum absolute atomic E-state index is 0.0417. The number of hydrogen-bond donors (Lipinski definition) is 2. The molecule has 8 heteroatoms. The summed E-state index contributed by atoms with van der Waals surface area (Å²) in [6.07, 6.45) is 11.2. The third-order valence-corrected chi connectivity index (χ3v) is 6.38. The fraction of sp³-hybridized carbons (Fsp3) is 0.731. The molecule has 0 radical (unpaired) electrons. The van der Waals surface area contributed by atoms with Crippen molar-refractivity contribution < 1.29 is 19.1 Å². The van der Waals surface area contributed by atoms with Gasteiger partial charge in [0.1, 0.15) is 11.9 Å². The van der Waals surface area contributed by atoms with E-state index in [4.69, 9.17) is 9.47 Å². The lowest BCUT2D eigenvalue weighted by molar-refractivity contribution is -0.144. The molecule has 0 spiro atoms. The van der Waals surface area contributed by atoms with E-state index in [0.29, 0.717) is 24.9 Å². The molecule has 34 heavy (non-hydrogen) atoms. The summed E-state index contributed by atoms with van der Waals surface area (Å²) in [6.45, 7) is 7.92. The van der Waals surface area contributed by atoms with Crippen LogP contribution >= 0.6 is 0 Å². The van der Waals surface area contributed by atoms with E-state index in [-0.39, 0.29) is 11.6 Å². The molecule has 1 aliphatic carbocycles. The van der Waals surface area contributed by atoms with Gasteiger partial charge in [0.15, 0.2) is 0 Å². The highest BCUT2D eigenvalue weighted by atomic mass is 16.5. The van der Waals surface area contributed by atoms with Crippen molar-refractivity contribution in [1.29, 1.82) is 0 Å². The lowest BCUT2D eigenvalue weighted by Gasteiger charge is -2.27. The molecule has 2 aliphatic rings. The maximum Gasteiger partial charge on any atom is 0.328 e. The number of hydrogen-bond acceptors (Lipinski definition) is 7. The second kappa shape index (κ2) is 14.3. The Morgan fingerprint density at radius 3 is 2.62 bits per heavy atom. The van der Waals surface area contributed by atoms with Gasteiger partial charge in [-0.3, -0.25) is 4.79 Å². The monoisotopic (exact) mass is 476 g/mol. The highest BCUT2D eigenvalue weighted by Gasteiger charge is 2.30. The van der Waals surface area contributed by atoms with E-state index in [1.807, 2.05) is 33.0 Å². The first-order valence-electron chi connectivity index (χ1n) is 12.5. The van der Waals surface area contributed by atoms with Gasteiger partial charge in [-0.15, -0.1) is 0 Å². The Hall–Kier alpha value is -2.19. The van der Waals surface area contributed by atoms with Crippen LogP contribution in [0.15, 0.2) is 18.3 Å². The number of carbonyl (C=O) groups is 2. The summed E-state index contributed by atoms with van der Waals surface area (Å²) in [7, 11) is 3.06. The van der Waals surface area contributed by atoms with E-state index in [2.05, 4.69) is 26.6 Å². The van der Waals surface area contributed by atoms with Gasteiger partial charge in [0, 0.05) is 31.9 Å². The topological polar surface area (TPSA) is 92.8 Å². The molecular weight excluding hydrogens is 432 g/mol. The molecule has 1 aliphatic heterocycles. The Labute approximate surface area is 205 Å². The Kier molecular flexibility index (Phi) is 11.8. The summed E-state index contributed by atoms with van der Waals surface area (Å²) < 4.78 is 9.71. The van der Waals surface area contributed by atoms with Crippen LogP contribution in [0.3, 0.4) is 0 Å². The van der Waals surface area contributed by atoms with Crippen LogP contribution in [-0.4, -0.2) is 73.3 Å². The van der Waals surface area contributed by atoms with Crippen molar-refractivity contribution in [3.8, 4) is 0 Å². The molecule has 1 aromatic heterocycles. The van der Waals surface area contributed by atoms with Gasteiger partial charge in [0.25, 0.3) is 0 Å². The first-order chi connectivity index (χ1) is 16.3. The largest absolute Gasteiger partial charge is 0.467 e. The summed E-state index contributed by atoms with van der Waals surface area (Å²) in [5, 5.41) is 6.15. The summed E-state index contributed by atoms with van der Waals surface area (Å²) in [5.41, 5.74) is 1.36. The number of aryl methyl sites for hydroxylation is 1. The first kappa shape index (κ1) is 28.1. The van der Waals surface area contributed by atoms with Crippen LogP contribution in [0.5, 0.6) is 0 Å². The molecule has 8 nitrogen and oxygen atoms in total. The van der Waals surface area contributed by atoms with Crippen molar-refractivity contribution in [1.82, 2.24) is 15.2 Å². The van der Waals surface area contributed by atoms with Crippen LogP contribution in [0.25, 0.3) is 0 Å². The Bertz CT molecular complexity index is 749. The zero-order valence-electron chi connectivity index (χ0n) is 21.6. The van der Waals surface area contributed by atoms with Crippen molar-refractivity contribution in [2.75, 3.05) is 32.6 Å². The number of anilines is 1. The zero-order chi connectivity index (χ0) is 25.0. The molecule has 0 bridgehead atoms. The zero-order valence-corrected chi connectivity index (χ0v) is 21.6. The van der Waals surface area contributed by atoms with Gasteiger partial charge in [-0.1, -0.05) is 12.5 Å². The normalized spacial score (nSPS) is 18.1. The van der Waals surface area contributed by atoms with Crippen molar-refractivity contribution in [3.05, 3.63) is 23.9 Å². The summed E-state index contributed by atoms with van der Waals surface area (Å²) >= 11 is 0. The van der Waals surface area contributed by atoms with Crippen LogP contribution in [0, 0.1) is 0 Å². The molecule has 3 rings (SSSR count). The predicted octanol–water partition coefficient (Wildman–Crippen LogP) is 3.55. The van der Waals surface area contributed by atoms with Gasteiger partial charge in [0.2, 0.25) is 6.41 Å². The number of methoxy groups -OCH3 is 2. The van der Waals surface area contributed by atoms with E-state index in [0.717, 1.165) is 38.2 Å². The van der Waals surface area contributed by atoms with Crippen molar-refractivity contribution in [3.63, 3.8) is 0 Å². The van der Waals surface area contributed by atoms with Crippen LogP contribution < -0.4 is 10.6 Å². The van der Waals surface area contributed by atoms with Crippen LogP contribution in [0.2, 0.25) is 0 Å². The van der Waals surface area contributed by atoms with Gasteiger partial charge in [-0.25, -0.2) is 9.78 Å². The number of aromatic nitrogens is 1. The summed E-state index contributed by atoms with van der Waals surface area (Å²) in [6, 6.07) is 4.75. The van der Waals surface area contributed by atoms with Gasteiger partial charge in [0.05, 0.1) is 12.7 Å². The average Bonchev–Trinajstić information content (AvgIpc) is 3.67. The van der Waals surface area contributed by atoms with Crippen LogP contribution in [0.4, 0.5) is 5.82 Å². The number of carbonyl (C=O) groups excluding carboxylic acids is 2. The van der Waals surface area contributed by atoms with Gasteiger partial charge >= 0.3 is 5.97 Å². The number of ether oxygens (including phenoxy) is 2. The van der Waals surface area contributed by atoms with E-state index in [1.54, 1.807) is 7.11 Å². The van der Waals surface area contributed by atoms with E-state index >= 15 is 0 Å². The molecule has 1 fully saturated rings. The second-order valence-corrected chi connectivity index (χ2v) is 10.1. The maximum atomic E-state index is 11.7. The fourth-order valence-corrected chi connectivity index (χ4v) is 3.99. The number of nitrogens with zero attached hydrogens (tertiary/aromatic N) is 2. The van der Waals surface area contributed by atoms with Crippen molar-refractivity contribution in [2.45, 2.75) is 95.9 Å². The first-order valence-corrected chi connectivity index (χ1v) is 12.5. The Morgan fingerprint density at radius 2 is 2.00 bits per heavy atom. The van der Waals surface area contributed by atoms with E-state index in [9.17, 15) is 9.59 Å². The molecule has 2 N–H and O–H groups in total. The lowest BCUT2D eigenvalue weighted by atomic mass is 9.97. The number of fused-ring (bicyclic) bond motifs is 1. The molecule has 192 valence electrons. The van der Waals surface area contributed by atoms with Gasteiger partial charge in [-0.05, 0) is 83.9 Å². The standard InChI is InChI=1S/C21H32N4O3.C5H12O/c1-28-21(27)19(23-15-26)11-14-25(18-9-10-18)13-3-2-6-17-8-7-16-5-4-12-22-20(16)24-17;1-5(2,3)6-4/h4-5,12,15,17-19H,2-3,6-11,13-14H2,1H3,(H,22,24)(H,23,26);1-4H3. The molecule has 1 saturated carbocycles. The minimum Gasteiger partial charge on any atom is -0.467 e. The number of esters is 1. The number of unbranched alkanes of at least 4 members (excludes halogenated alkanes) is 1. The second-order valence-electron chi connectivity index (χ2n) is 10.1. The summed E-state index contributed by atoms with van der Waals surface area (Å²) in [5.74, 6) is 0.676. The Morgan fingerprint density at radius 1 is 1.26 bits per heavy atom. The molecule has 0 aromatic carbocycles. The highest BCUT2D eigenvalue weighted by molar-refractivity contribution is 5.78. The molecule has 2 heterocycles. The lowest BCUT2D eigenvalue weighted by Crippen LogP contribution is -2.40. The fourth-order valence-electron chi connectivity index (χ4n) is 3.99. The van der Waals surface area contributed by atoms with Gasteiger partial charge in [-0.2, -0.15) is 0 Å². The molecule has 1 aromatic rings. The van der Waals surface area contributed by atoms with E-state index in [1.165, 1.54) is 38.4 Å². The third-order valence-electron chi connectivity index (χ3n) is 6.38. The van der Waals surface area contributed by atoms with Gasteiger partial charge < -0.3 is 25.0 Å². The van der Waals surface area contributed by atoms with Crippen LogP contribution in [0.1, 0.15) is 71.3 Å². The molecule has 1 amide bonds. The van der Waals surface area contributed by atoms with E-state index < -0.39 is 6.04 Å². The highest BCUT2D eigenvalue weighted by Crippen LogP contribution is 2.28. The quantitative estimate of drug-likeness (QED) is 0.271. The number of pyridine rings is 1. The average molecular weight is 477 g/mol. The maximum absolute atomic E-state index is 11.7. The SMILES string of the molecule is COC(=O)C(CCN(CCCCC1CCc2cccnc2N1)C1CC1)NC=O.COC(C)(C)C. The summed E-state index contributed by atoms with van der Waals surface area (Å²) in [4.78, 5) is 29.4. The van der Waals surface area contributed by atoms with Crippen LogP contribution in [-0.2, 0) is 25.5 Å². The number of rotatable bonds is 12.